The summed E-state index contributed by atoms with van der Waals surface area (Å²) in [5.41, 5.74) is 1.41. The number of sulfonamides is 1. The fourth-order valence-electron chi connectivity index (χ4n) is 3.92. The summed E-state index contributed by atoms with van der Waals surface area (Å²) in [7, 11) is -3.69. The molecule has 0 aromatic heterocycles. The van der Waals surface area contributed by atoms with Gasteiger partial charge in [-0.15, -0.1) is 0 Å². The molecule has 0 unspecified atom stereocenters. The van der Waals surface area contributed by atoms with Gasteiger partial charge in [0.1, 0.15) is 5.92 Å². The molecular formula is C22H22N2O6S. The second-order valence-electron chi connectivity index (χ2n) is 7.49. The molecule has 0 radical (unpaired) electrons. The zero-order chi connectivity index (χ0) is 22.0. The van der Waals surface area contributed by atoms with Crippen molar-refractivity contribution in [3.8, 4) is 0 Å². The summed E-state index contributed by atoms with van der Waals surface area (Å²) >= 11 is 0. The second kappa shape index (κ2) is 8.62. The monoisotopic (exact) mass is 442 g/mol. The minimum absolute atomic E-state index is 0.0770. The molecule has 162 valence electrons. The van der Waals surface area contributed by atoms with Crippen LogP contribution in [0.4, 0.5) is 5.69 Å². The van der Waals surface area contributed by atoms with E-state index in [0.29, 0.717) is 12.1 Å². The number of carbonyl (C=O) groups excluding carboxylic acids is 1. The molecule has 1 fully saturated rings. The van der Waals surface area contributed by atoms with Crippen molar-refractivity contribution in [1.29, 1.82) is 0 Å². The third-order valence-electron chi connectivity index (χ3n) is 5.47. The van der Waals surface area contributed by atoms with Gasteiger partial charge in [-0.3, -0.25) is 9.59 Å². The lowest BCUT2D eigenvalue weighted by molar-refractivity contribution is -0.145. The molecule has 2 aromatic rings. The average Bonchev–Trinajstić information content (AvgIpc) is 3.36. The number of rotatable bonds is 8. The molecule has 2 aromatic carbocycles. The lowest BCUT2D eigenvalue weighted by Crippen LogP contribution is -2.39. The highest BCUT2D eigenvalue weighted by Crippen LogP contribution is 2.39. The molecule has 9 heteroatoms. The quantitative estimate of drug-likeness (QED) is 0.536. The third kappa shape index (κ3) is 4.53. The Morgan fingerprint density at radius 2 is 1.58 bits per heavy atom. The van der Waals surface area contributed by atoms with E-state index >= 15 is 0 Å². The molecule has 1 saturated heterocycles. The van der Waals surface area contributed by atoms with Crippen LogP contribution >= 0.6 is 0 Å². The van der Waals surface area contributed by atoms with Gasteiger partial charge in [0.15, 0.2) is 0 Å². The van der Waals surface area contributed by atoms with E-state index in [9.17, 15) is 23.1 Å². The SMILES string of the molecule is O=C(Nc1ccc(S(=O)(=O)NCCc2ccccc2)cc1)[C@@H]1[C@H](C(=O)O)[C@H]2C=C[C@H]1O2. The van der Waals surface area contributed by atoms with Crippen molar-refractivity contribution in [1.82, 2.24) is 4.72 Å². The minimum Gasteiger partial charge on any atom is -0.481 e. The molecule has 2 aliphatic heterocycles. The largest absolute Gasteiger partial charge is 0.481 e. The van der Waals surface area contributed by atoms with Gasteiger partial charge in [0, 0.05) is 12.2 Å². The Morgan fingerprint density at radius 3 is 2.23 bits per heavy atom. The van der Waals surface area contributed by atoms with Crippen molar-refractivity contribution in [2.75, 3.05) is 11.9 Å². The Morgan fingerprint density at radius 1 is 0.935 bits per heavy atom. The second-order valence-corrected chi connectivity index (χ2v) is 9.25. The van der Waals surface area contributed by atoms with Gasteiger partial charge < -0.3 is 15.2 Å². The van der Waals surface area contributed by atoms with Crippen molar-refractivity contribution in [2.24, 2.45) is 11.8 Å². The van der Waals surface area contributed by atoms with Gasteiger partial charge in [-0.1, -0.05) is 42.5 Å². The van der Waals surface area contributed by atoms with E-state index in [1.165, 1.54) is 24.3 Å². The predicted molar refractivity (Wildman–Crippen MR) is 113 cm³/mol. The van der Waals surface area contributed by atoms with Crippen LogP contribution in [0.5, 0.6) is 0 Å². The molecule has 0 spiro atoms. The summed E-state index contributed by atoms with van der Waals surface area (Å²) in [5, 5.41) is 12.1. The molecule has 2 bridgehead atoms. The van der Waals surface area contributed by atoms with Crippen LogP contribution < -0.4 is 10.0 Å². The van der Waals surface area contributed by atoms with Gasteiger partial charge in [0.2, 0.25) is 15.9 Å². The fourth-order valence-corrected chi connectivity index (χ4v) is 4.95. The number of nitrogens with one attached hydrogen (secondary N) is 2. The smallest absolute Gasteiger partial charge is 0.310 e. The highest BCUT2D eigenvalue weighted by molar-refractivity contribution is 7.89. The zero-order valence-electron chi connectivity index (χ0n) is 16.5. The molecule has 1 amide bonds. The van der Waals surface area contributed by atoms with E-state index in [-0.39, 0.29) is 11.4 Å². The van der Waals surface area contributed by atoms with E-state index in [4.69, 9.17) is 4.74 Å². The van der Waals surface area contributed by atoms with Crippen molar-refractivity contribution >= 4 is 27.6 Å². The number of hydrogen-bond acceptors (Lipinski definition) is 5. The molecule has 8 nitrogen and oxygen atoms in total. The van der Waals surface area contributed by atoms with Crippen molar-refractivity contribution < 1.29 is 27.9 Å². The number of hydrogen-bond donors (Lipinski definition) is 3. The Bertz CT molecular complexity index is 1100. The maximum Gasteiger partial charge on any atom is 0.310 e. The van der Waals surface area contributed by atoms with Crippen molar-refractivity contribution in [2.45, 2.75) is 23.5 Å². The predicted octanol–water partition coefficient (Wildman–Crippen LogP) is 1.80. The fraction of sp³-hybridized carbons (Fsp3) is 0.273. The van der Waals surface area contributed by atoms with Gasteiger partial charge in [-0.2, -0.15) is 0 Å². The average molecular weight is 442 g/mol. The molecular weight excluding hydrogens is 420 g/mol. The van der Waals surface area contributed by atoms with Gasteiger partial charge in [0.05, 0.1) is 23.0 Å². The van der Waals surface area contributed by atoms with Crippen molar-refractivity contribution in [3.05, 3.63) is 72.3 Å². The number of fused-ring (bicyclic) bond motifs is 2. The first-order valence-corrected chi connectivity index (χ1v) is 11.3. The number of benzene rings is 2. The van der Waals surface area contributed by atoms with Crippen LogP contribution in [0.2, 0.25) is 0 Å². The van der Waals surface area contributed by atoms with Crippen LogP contribution in [0.3, 0.4) is 0 Å². The number of carbonyl (C=O) groups is 2. The van der Waals surface area contributed by atoms with E-state index < -0.39 is 45.9 Å². The van der Waals surface area contributed by atoms with Crippen LogP contribution in [-0.2, 0) is 30.8 Å². The standard InChI is InChI=1S/C22H22N2O6S/c25-21(19-17-10-11-18(30-17)20(19)22(26)27)24-15-6-8-16(9-7-15)31(28,29)23-13-12-14-4-2-1-3-5-14/h1-11,17-20,23H,12-13H2,(H,24,25)(H,26,27)/t17-,18-,19+,20-/m1/s1. The molecule has 2 heterocycles. The lowest BCUT2D eigenvalue weighted by atomic mass is 9.82. The van der Waals surface area contributed by atoms with Gasteiger partial charge >= 0.3 is 5.97 Å². The molecule has 3 N–H and O–H groups in total. The molecule has 31 heavy (non-hydrogen) atoms. The first-order valence-electron chi connectivity index (χ1n) is 9.86. The minimum atomic E-state index is -3.69. The Labute approximate surface area is 180 Å². The third-order valence-corrected chi connectivity index (χ3v) is 6.95. The maximum absolute atomic E-state index is 12.7. The van der Waals surface area contributed by atoms with Gasteiger partial charge in [-0.25, -0.2) is 13.1 Å². The summed E-state index contributed by atoms with van der Waals surface area (Å²) in [4.78, 5) is 24.3. The molecule has 0 aliphatic carbocycles. The number of aliphatic carboxylic acids is 1. The van der Waals surface area contributed by atoms with E-state index in [2.05, 4.69) is 10.0 Å². The Hall–Kier alpha value is -3.01. The van der Waals surface area contributed by atoms with Crippen LogP contribution in [-0.4, -0.2) is 44.2 Å². The summed E-state index contributed by atoms with van der Waals surface area (Å²) in [6.07, 6.45) is 2.76. The molecule has 4 rings (SSSR count). The number of carboxylic acids is 1. The number of ether oxygens (including phenoxy) is 1. The van der Waals surface area contributed by atoms with Gasteiger partial charge in [-0.05, 0) is 36.2 Å². The first-order chi connectivity index (χ1) is 14.8. The zero-order valence-corrected chi connectivity index (χ0v) is 17.3. The summed E-state index contributed by atoms with van der Waals surface area (Å²) < 4.78 is 33.0. The Kier molecular flexibility index (Phi) is 5.90. The van der Waals surface area contributed by atoms with E-state index in [1.54, 1.807) is 12.2 Å². The Balaban J connectivity index is 1.37. The first kappa shape index (κ1) is 21.2. The normalized spacial score (nSPS) is 24.3. The van der Waals surface area contributed by atoms with Gasteiger partial charge in [0.25, 0.3) is 0 Å². The summed E-state index contributed by atoms with van der Waals surface area (Å²) in [6.45, 7) is 0.263. The highest BCUT2D eigenvalue weighted by atomic mass is 32.2. The maximum atomic E-state index is 12.7. The lowest BCUT2D eigenvalue weighted by Gasteiger charge is -2.21. The molecule has 0 saturated carbocycles. The number of anilines is 1. The van der Waals surface area contributed by atoms with Crippen LogP contribution in [0, 0.1) is 11.8 Å². The number of carboxylic acid groups (broad SMARTS) is 1. The van der Waals surface area contributed by atoms with E-state index in [0.717, 1.165) is 5.56 Å². The number of amides is 1. The summed E-state index contributed by atoms with van der Waals surface area (Å²) in [5.74, 6) is -3.33. The van der Waals surface area contributed by atoms with Crippen molar-refractivity contribution in [3.63, 3.8) is 0 Å². The van der Waals surface area contributed by atoms with Crippen LogP contribution in [0.1, 0.15) is 5.56 Å². The summed E-state index contributed by atoms with van der Waals surface area (Å²) in [6, 6.07) is 15.3. The molecule has 2 aliphatic rings. The van der Waals surface area contributed by atoms with Crippen LogP contribution in [0.15, 0.2) is 71.6 Å². The van der Waals surface area contributed by atoms with E-state index in [1.807, 2.05) is 30.3 Å². The van der Waals surface area contributed by atoms with Crippen LogP contribution in [0.25, 0.3) is 0 Å². The highest BCUT2D eigenvalue weighted by Gasteiger charge is 2.53. The molecule has 4 atom stereocenters. The topological polar surface area (TPSA) is 122 Å².